The van der Waals surface area contributed by atoms with Gasteiger partial charge in [-0.25, -0.2) is 9.79 Å². The Bertz CT molecular complexity index is 2040. The van der Waals surface area contributed by atoms with Crippen LogP contribution in [0.3, 0.4) is 0 Å². The molecular weight excluding hydrogens is 690 g/mol. The molecule has 0 saturated heterocycles. The average molecular weight is 723 g/mol. The lowest BCUT2D eigenvalue weighted by atomic mass is 9.93. The van der Waals surface area contributed by atoms with E-state index < -0.39 is 16.9 Å². The van der Waals surface area contributed by atoms with Gasteiger partial charge in [0.25, 0.3) is 11.2 Å². The third-order valence-corrected chi connectivity index (χ3v) is 8.90. The Hall–Kier alpha value is -4.75. The van der Waals surface area contributed by atoms with Gasteiger partial charge in [-0.1, -0.05) is 40.6 Å². The minimum Gasteiger partial charge on any atom is -0.497 e. The molecule has 47 heavy (non-hydrogen) atoms. The number of nitro groups is 1. The lowest BCUT2D eigenvalue weighted by molar-refractivity contribution is -0.384. The molecule has 0 aliphatic carbocycles. The summed E-state index contributed by atoms with van der Waals surface area (Å²) >= 11 is 4.72. The molecule has 2 heterocycles. The molecule has 0 unspecified atom stereocenters. The largest absolute Gasteiger partial charge is 0.497 e. The molecule has 1 aromatic heterocycles. The number of rotatable bonds is 12. The van der Waals surface area contributed by atoms with Gasteiger partial charge in [-0.15, -0.1) is 0 Å². The van der Waals surface area contributed by atoms with E-state index in [9.17, 15) is 19.7 Å². The minimum absolute atomic E-state index is 0.00784. The van der Waals surface area contributed by atoms with E-state index >= 15 is 0 Å². The molecule has 1 aliphatic heterocycles. The Morgan fingerprint density at radius 1 is 1.06 bits per heavy atom. The summed E-state index contributed by atoms with van der Waals surface area (Å²) < 4.78 is 25.5. The smallest absolute Gasteiger partial charge is 0.338 e. The number of hydrogen-bond donors (Lipinski definition) is 0. The van der Waals surface area contributed by atoms with Crippen LogP contribution in [0, 0.1) is 10.1 Å². The van der Waals surface area contributed by atoms with Crippen LogP contribution in [-0.4, -0.2) is 36.3 Å². The standard InChI is InChI=1S/C34H32BrN3O8S/c1-5-7-26-30(33(40)45-6-2)31(25-18-24(43-3)13-15-28(25)44-4)37-32(39)29(47-34(37)36-26)17-21-16-22(35)10-14-27(21)46-19-20-8-11-23(12-9-20)38(41)42/h8-18,31H,5-7,19H2,1-4H3/b29-17-/t31-/m0/s1. The molecule has 0 N–H and O–H groups in total. The minimum atomic E-state index is -0.889. The summed E-state index contributed by atoms with van der Waals surface area (Å²) in [5.41, 5.74) is 2.37. The van der Waals surface area contributed by atoms with Crippen LogP contribution in [0.5, 0.6) is 17.2 Å². The highest BCUT2D eigenvalue weighted by atomic mass is 79.9. The number of allylic oxidation sites excluding steroid dienone is 1. The molecule has 244 valence electrons. The van der Waals surface area contributed by atoms with Crippen LogP contribution < -0.4 is 29.1 Å². The summed E-state index contributed by atoms with van der Waals surface area (Å²) in [6, 6.07) is 15.9. The first kappa shape index (κ1) is 33.6. The number of nitrogens with zero attached hydrogens (tertiary/aromatic N) is 3. The molecule has 4 aromatic rings. The van der Waals surface area contributed by atoms with Crippen LogP contribution in [0.1, 0.15) is 49.4 Å². The molecule has 3 aromatic carbocycles. The molecule has 0 radical (unpaired) electrons. The molecule has 1 atom stereocenters. The Morgan fingerprint density at radius 3 is 2.47 bits per heavy atom. The molecule has 0 saturated carbocycles. The molecule has 5 rings (SSSR count). The number of carbonyl (C=O) groups excluding carboxylic acids is 1. The predicted molar refractivity (Wildman–Crippen MR) is 181 cm³/mol. The van der Waals surface area contributed by atoms with Gasteiger partial charge in [-0.3, -0.25) is 19.5 Å². The van der Waals surface area contributed by atoms with Gasteiger partial charge in [0.05, 0.1) is 41.6 Å². The molecule has 13 heteroatoms. The number of non-ortho nitro benzene ring substituents is 1. The Kier molecular flexibility index (Phi) is 10.6. The topological polar surface area (TPSA) is 131 Å². The summed E-state index contributed by atoms with van der Waals surface area (Å²) in [6.45, 7) is 4.03. The third-order valence-electron chi connectivity index (χ3n) is 7.42. The van der Waals surface area contributed by atoms with E-state index in [0.29, 0.717) is 56.2 Å². The van der Waals surface area contributed by atoms with Crippen molar-refractivity contribution in [2.24, 2.45) is 4.99 Å². The SMILES string of the molecule is CCCC1=C(C(=O)OCC)[C@H](c2cc(OC)ccc2OC)n2c(s/c(=C\c3cc(Br)ccc3OCc3ccc([N+](=O)[O-])cc3)c2=O)=N1. The van der Waals surface area contributed by atoms with Gasteiger partial charge in [0.15, 0.2) is 4.80 Å². The van der Waals surface area contributed by atoms with E-state index in [1.165, 1.54) is 35.1 Å². The zero-order chi connectivity index (χ0) is 33.7. The van der Waals surface area contributed by atoms with Crippen LogP contribution >= 0.6 is 27.3 Å². The monoisotopic (exact) mass is 721 g/mol. The zero-order valence-corrected chi connectivity index (χ0v) is 28.6. The number of halogens is 1. The second kappa shape index (κ2) is 14.8. The van der Waals surface area contributed by atoms with Crippen molar-refractivity contribution in [1.82, 2.24) is 4.57 Å². The van der Waals surface area contributed by atoms with Crippen molar-refractivity contribution < 1.29 is 28.7 Å². The molecule has 0 bridgehead atoms. The molecule has 0 fully saturated rings. The van der Waals surface area contributed by atoms with Crippen molar-refractivity contribution in [2.75, 3.05) is 20.8 Å². The normalized spacial score (nSPS) is 14.3. The maximum absolute atomic E-state index is 14.3. The quantitative estimate of drug-likeness (QED) is 0.101. The van der Waals surface area contributed by atoms with Crippen LogP contribution in [-0.2, 0) is 16.1 Å². The number of hydrogen-bond acceptors (Lipinski definition) is 10. The van der Waals surface area contributed by atoms with E-state index in [0.717, 1.165) is 10.0 Å². The summed E-state index contributed by atoms with van der Waals surface area (Å²) in [5, 5.41) is 11.0. The van der Waals surface area contributed by atoms with Gasteiger partial charge in [0.2, 0.25) is 0 Å². The fourth-order valence-electron chi connectivity index (χ4n) is 5.25. The van der Waals surface area contributed by atoms with Crippen LogP contribution in [0.25, 0.3) is 6.08 Å². The number of methoxy groups -OCH3 is 2. The number of benzene rings is 3. The third kappa shape index (κ3) is 7.15. The van der Waals surface area contributed by atoms with E-state index in [4.69, 9.17) is 23.9 Å². The summed E-state index contributed by atoms with van der Waals surface area (Å²) in [7, 11) is 3.07. The van der Waals surface area contributed by atoms with E-state index in [1.807, 2.05) is 19.1 Å². The fraction of sp³-hybridized carbons (Fsp3) is 0.265. The van der Waals surface area contributed by atoms with E-state index in [-0.39, 0.29) is 30.0 Å². The number of esters is 1. The first-order valence-corrected chi connectivity index (χ1v) is 16.4. The highest BCUT2D eigenvalue weighted by molar-refractivity contribution is 9.10. The molecule has 1 aliphatic rings. The van der Waals surface area contributed by atoms with Gasteiger partial charge in [0.1, 0.15) is 29.9 Å². The average Bonchev–Trinajstić information content (AvgIpc) is 3.37. The van der Waals surface area contributed by atoms with E-state index in [2.05, 4.69) is 15.9 Å². The first-order chi connectivity index (χ1) is 22.7. The Balaban J connectivity index is 1.66. The second-order valence-electron chi connectivity index (χ2n) is 10.4. The lowest BCUT2D eigenvalue weighted by Gasteiger charge is -2.27. The van der Waals surface area contributed by atoms with Crippen molar-refractivity contribution in [1.29, 1.82) is 0 Å². The van der Waals surface area contributed by atoms with Gasteiger partial charge in [0, 0.05) is 27.7 Å². The Labute approximate surface area is 282 Å². The van der Waals surface area contributed by atoms with Crippen molar-refractivity contribution in [3.63, 3.8) is 0 Å². The summed E-state index contributed by atoms with van der Waals surface area (Å²) in [4.78, 5) is 43.7. The van der Waals surface area contributed by atoms with Crippen LogP contribution in [0.4, 0.5) is 5.69 Å². The molecule has 11 nitrogen and oxygen atoms in total. The van der Waals surface area contributed by atoms with Gasteiger partial charge in [-0.2, -0.15) is 0 Å². The predicted octanol–water partition coefficient (Wildman–Crippen LogP) is 5.85. The van der Waals surface area contributed by atoms with Crippen molar-refractivity contribution in [3.8, 4) is 17.2 Å². The zero-order valence-electron chi connectivity index (χ0n) is 26.2. The molecule has 0 spiro atoms. The first-order valence-electron chi connectivity index (χ1n) is 14.8. The highest BCUT2D eigenvalue weighted by Crippen LogP contribution is 2.39. The Morgan fingerprint density at radius 2 is 1.81 bits per heavy atom. The maximum atomic E-state index is 14.3. The fourth-order valence-corrected chi connectivity index (χ4v) is 6.64. The van der Waals surface area contributed by atoms with Crippen molar-refractivity contribution >= 4 is 45.0 Å². The number of aromatic nitrogens is 1. The second-order valence-corrected chi connectivity index (χ2v) is 12.3. The molecular formula is C34H32BrN3O8S. The van der Waals surface area contributed by atoms with Crippen molar-refractivity contribution in [3.05, 3.63) is 123 Å². The number of thiazole rings is 1. The van der Waals surface area contributed by atoms with E-state index in [1.54, 1.807) is 56.5 Å². The van der Waals surface area contributed by atoms with Crippen LogP contribution in [0.2, 0.25) is 0 Å². The van der Waals surface area contributed by atoms with Crippen molar-refractivity contribution in [2.45, 2.75) is 39.3 Å². The van der Waals surface area contributed by atoms with Crippen LogP contribution in [0.15, 0.2) is 86.2 Å². The number of carbonyl (C=O) groups is 1. The summed E-state index contributed by atoms with van der Waals surface area (Å²) in [6.07, 6.45) is 2.94. The van der Waals surface area contributed by atoms with Gasteiger partial charge < -0.3 is 18.9 Å². The van der Waals surface area contributed by atoms with Gasteiger partial charge >= 0.3 is 5.97 Å². The molecule has 0 amide bonds. The maximum Gasteiger partial charge on any atom is 0.338 e. The number of nitro benzene ring substituents is 1. The highest BCUT2D eigenvalue weighted by Gasteiger charge is 2.36. The number of fused-ring (bicyclic) bond motifs is 1. The van der Waals surface area contributed by atoms with Gasteiger partial charge in [-0.05, 0) is 73.5 Å². The summed E-state index contributed by atoms with van der Waals surface area (Å²) in [5.74, 6) is 0.947. The lowest BCUT2D eigenvalue weighted by Crippen LogP contribution is -2.40. The number of ether oxygens (including phenoxy) is 4.